The molecule has 28 heavy (non-hydrogen) atoms. The Bertz CT molecular complexity index is 1130. The number of para-hydroxylation sites is 1. The van der Waals surface area contributed by atoms with Crippen molar-refractivity contribution in [2.75, 3.05) is 4.72 Å². The van der Waals surface area contributed by atoms with Crippen molar-refractivity contribution in [1.29, 1.82) is 0 Å². The molecule has 0 bridgehead atoms. The fraction of sp³-hybridized carbons (Fsp3) is 0.318. The van der Waals surface area contributed by atoms with Gasteiger partial charge in [0.2, 0.25) is 0 Å². The van der Waals surface area contributed by atoms with E-state index in [0.717, 1.165) is 36.3 Å². The standard InChI is InChI=1S/C22H24N2O3S/c1-4-16-7-5-6-15(3)21(16)24-28(25,26)20-12-18(9-8-14(20)2)19-13-23-22(27-19)17-10-11-17/h5-9,12-13,17,24H,4,10-11H2,1-3H3. The van der Waals surface area contributed by atoms with Gasteiger partial charge in [-0.15, -0.1) is 0 Å². The van der Waals surface area contributed by atoms with Crippen LogP contribution in [-0.4, -0.2) is 13.4 Å². The molecule has 0 aliphatic heterocycles. The first-order valence-electron chi connectivity index (χ1n) is 9.57. The normalized spacial score (nSPS) is 14.2. The Hall–Kier alpha value is -2.60. The Morgan fingerprint density at radius 3 is 2.64 bits per heavy atom. The van der Waals surface area contributed by atoms with E-state index >= 15 is 0 Å². The van der Waals surface area contributed by atoms with Gasteiger partial charge in [0.25, 0.3) is 10.0 Å². The Balaban J connectivity index is 1.71. The molecule has 3 aromatic rings. The van der Waals surface area contributed by atoms with Crippen molar-refractivity contribution >= 4 is 15.7 Å². The zero-order chi connectivity index (χ0) is 19.9. The van der Waals surface area contributed by atoms with Crippen LogP contribution in [0.1, 0.15) is 48.3 Å². The third-order valence-corrected chi connectivity index (χ3v) is 6.68. The van der Waals surface area contributed by atoms with Crippen LogP contribution in [0.4, 0.5) is 5.69 Å². The number of hydrogen-bond donors (Lipinski definition) is 1. The lowest BCUT2D eigenvalue weighted by Crippen LogP contribution is -2.16. The van der Waals surface area contributed by atoms with Crippen LogP contribution in [-0.2, 0) is 16.4 Å². The lowest BCUT2D eigenvalue weighted by molar-refractivity contribution is 0.509. The number of nitrogens with one attached hydrogen (secondary N) is 1. The SMILES string of the molecule is CCc1cccc(C)c1NS(=O)(=O)c1cc(-c2cnc(C3CC3)o2)ccc1C. The molecule has 0 saturated heterocycles. The Kier molecular flexibility index (Phi) is 4.75. The maximum Gasteiger partial charge on any atom is 0.262 e. The van der Waals surface area contributed by atoms with Gasteiger partial charge in [0, 0.05) is 11.5 Å². The van der Waals surface area contributed by atoms with E-state index in [1.165, 1.54) is 0 Å². The van der Waals surface area contributed by atoms with Crippen molar-refractivity contribution < 1.29 is 12.8 Å². The average molecular weight is 397 g/mol. The highest BCUT2D eigenvalue weighted by atomic mass is 32.2. The number of nitrogens with zero attached hydrogens (tertiary/aromatic N) is 1. The highest BCUT2D eigenvalue weighted by molar-refractivity contribution is 7.92. The summed E-state index contributed by atoms with van der Waals surface area (Å²) < 4.78 is 35.0. The van der Waals surface area contributed by atoms with Gasteiger partial charge >= 0.3 is 0 Å². The lowest BCUT2D eigenvalue weighted by atomic mass is 10.1. The highest BCUT2D eigenvalue weighted by Gasteiger charge is 2.29. The van der Waals surface area contributed by atoms with E-state index in [-0.39, 0.29) is 4.90 Å². The predicted molar refractivity (Wildman–Crippen MR) is 110 cm³/mol. The molecule has 1 N–H and O–H groups in total. The van der Waals surface area contributed by atoms with Crippen molar-refractivity contribution in [1.82, 2.24) is 4.98 Å². The van der Waals surface area contributed by atoms with Crippen LogP contribution in [0.2, 0.25) is 0 Å². The minimum Gasteiger partial charge on any atom is -0.440 e. The Morgan fingerprint density at radius 1 is 1.14 bits per heavy atom. The number of benzene rings is 2. The van der Waals surface area contributed by atoms with Gasteiger partial charge in [-0.25, -0.2) is 13.4 Å². The summed E-state index contributed by atoms with van der Waals surface area (Å²) in [5.41, 5.74) is 3.93. The predicted octanol–water partition coefficient (Wildman–Crippen LogP) is 5.20. The summed E-state index contributed by atoms with van der Waals surface area (Å²) in [4.78, 5) is 4.59. The molecular weight excluding hydrogens is 372 g/mol. The number of oxazole rings is 1. The minimum absolute atomic E-state index is 0.250. The number of aromatic nitrogens is 1. The summed E-state index contributed by atoms with van der Waals surface area (Å²) in [5.74, 6) is 1.76. The van der Waals surface area contributed by atoms with Crippen molar-refractivity contribution in [2.24, 2.45) is 0 Å². The molecule has 1 heterocycles. The van der Waals surface area contributed by atoms with Crippen LogP contribution in [0, 0.1) is 13.8 Å². The molecule has 146 valence electrons. The van der Waals surface area contributed by atoms with Gasteiger partial charge < -0.3 is 4.42 Å². The van der Waals surface area contributed by atoms with Crippen LogP contribution in [0.25, 0.3) is 11.3 Å². The molecule has 0 amide bonds. The molecule has 0 unspecified atom stereocenters. The monoisotopic (exact) mass is 396 g/mol. The van der Waals surface area contributed by atoms with Gasteiger partial charge in [-0.05, 0) is 55.9 Å². The van der Waals surface area contributed by atoms with E-state index < -0.39 is 10.0 Å². The first-order chi connectivity index (χ1) is 13.4. The number of anilines is 1. The van der Waals surface area contributed by atoms with E-state index in [2.05, 4.69) is 9.71 Å². The van der Waals surface area contributed by atoms with Gasteiger partial charge in [0.15, 0.2) is 11.7 Å². The van der Waals surface area contributed by atoms with E-state index in [1.54, 1.807) is 19.2 Å². The van der Waals surface area contributed by atoms with Crippen molar-refractivity contribution in [3.05, 3.63) is 65.2 Å². The number of rotatable bonds is 6. The summed E-state index contributed by atoms with van der Waals surface area (Å²) in [7, 11) is -3.74. The zero-order valence-corrected chi connectivity index (χ0v) is 17.1. The van der Waals surface area contributed by atoms with Crippen LogP contribution in [0.5, 0.6) is 0 Å². The van der Waals surface area contributed by atoms with Crippen LogP contribution in [0.3, 0.4) is 0 Å². The van der Waals surface area contributed by atoms with Crippen LogP contribution in [0.15, 0.2) is 51.9 Å². The fourth-order valence-electron chi connectivity index (χ4n) is 3.34. The molecule has 1 aliphatic rings. The second-order valence-corrected chi connectivity index (χ2v) is 9.04. The van der Waals surface area contributed by atoms with E-state index in [4.69, 9.17) is 4.42 Å². The molecular formula is C22H24N2O3S. The zero-order valence-electron chi connectivity index (χ0n) is 16.3. The van der Waals surface area contributed by atoms with Gasteiger partial charge in [-0.1, -0.05) is 37.3 Å². The maximum atomic E-state index is 13.2. The van der Waals surface area contributed by atoms with Crippen molar-refractivity contribution in [3.63, 3.8) is 0 Å². The van der Waals surface area contributed by atoms with Crippen LogP contribution >= 0.6 is 0 Å². The third kappa shape index (κ3) is 3.56. The molecule has 0 spiro atoms. The van der Waals surface area contributed by atoms with E-state index in [9.17, 15) is 8.42 Å². The topological polar surface area (TPSA) is 72.2 Å². The van der Waals surface area contributed by atoms with Crippen molar-refractivity contribution in [3.8, 4) is 11.3 Å². The Labute approximate surface area is 165 Å². The minimum atomic E-state index is -3.74. The first-order valence-corrected chi connectivity index (χ1v) is 11.1. The molecule has 0 atom stereocenters. The molecule has 6 heteroatoms. The largest absolute Gasteiger partial charge is 0.440 e. The molecule has 4 rings (SSSR count). The third-order valence-electron chi connectivity index (χ3n) is 5.19. The number of sulfonamides is 1. The molecule has 0 radical (unpaired) electrons. The lowest BCUT2D eigenvalue weighted by Gasteiger charge is -2.16. The van der Waals surface area contributed by atoms with Gasteiger partial charge in [-0.2, -0.15) is 0 Å². The first kappa shape index (κ1) is 18.7. The molecule has 2 aromatic carbocycles. The second kappa shape index (κ2) is 7.09. The molecule has 1 aromatic heterocycles. The molecule has 1 fully saturated rings. The quantitative estimate of drug-likeness (QED) is 0.622. The summed E-state index contributed by atoms with van der Waals surface area (Å²) in [6.07, 6.45) is 4.64. The van der Waals surface area contributed by atoms with E-state index in [1.807, 2.05) is 44.2 Å². The van der Waals surface area contributed by atoms with Gasteiger partial charge in [0.05, 0.1) is 16.8 Å². The number of aryl methyl sites for hydroxylation is 3. The van der Waals surface area contributed by atoms with Crippen LogP contribution < -0.4 is 4.72 Å². The molecule has 1 saturated carbocycles. The smallest absolute Gasteiger partial charge is 0.262 e. The summed E-state index contributed by atoms with van der Waals surface area (Å²) >= 11 is 0. The van der Waals surface area contributed by atoms with Gasteiger partial charge in [0.1, 0.15) is 0 Å². The van der Waals surface area contributed by atoms with E-state index in [0.29, 0.717) is 28.5 Å². The molecule has 1 aliphatic carbocycles. The van der Waals surface area contributed by atoms with Crippen molar-refractivity contribution in [2.45, 2.75) is 50.8 Å². The Morgan fingerprint density at radius 2 is 1.93 bits per heavy atom. The molecule has 5 nitrogen and oxygen atoms in total. The summed E-state index contributed by atoms with van der Waals surface area (Å²) in [5, 5.41) is 0. The second-order valence-electron chi connectivity index (χ2n) is 7.39. The highest BCUT2D eigenvalue weighted by Crippen LogP contribution is 2.40. The number of hydrogen-bond acceptors (Lipinski definition) is 4. The maximum absolute atomic E-state index is 13.2. The fourth-order valence-corrected chi connectivity index (χ4v) is 4.79. The summed E-state index contributed by atoms with van der Waals surface area (Å²) in [6.45, 7) is 5.72. The average Bonchev–Trinajstić information content (AvgIpc) is 3.40. The summed E-state index contributed by atoms with van der Waals surface area (Å²) in [6, 6.07) is 11.1. The van der Waals surface area contributed by atoms with Gasteiger partial charge in [-0.3, -0.25) is 4.72 Å².